The zero-order valence-electron chi connectivity index (χ0n) is 9.28. The average Bonchev–Trinajstić information content (AvgIpc) is 2.45. The Bertz CT molecular complexity index is 382. The van der Waals surface area contributed by atoms with Gasteiger partial charge >= 0.3 is 5.97 Å². The molecule has 0 saturated heterocycles. The molecular weight excluding hydrogens is 194 g/mol. The van der Waals surface area contributed by atoms with Crippen molar-refractivity contribution in [3.8, 4) is 0 Å². The molecular formula is C10H15N3O2. The van der Waals surface area contributed by atoms with E-state index in [4.69, 9.17) is 4.74 Å². The molecule has 0 aliphatic carbocycles. The van der Waals surface area contributed by atoms with E-state index < -0.39 is 0 Å². The standard InChI is InChI=1S/C10H15N3O2/c1-5-15-10(14)7(2)6-13-9(4)11-8(3)12-13/h2,5-6H2,1,3-4H3. The van der Waals surface area contributed by atoms with Crippen molar-refractivity contribution < 1.29 is 9.53 Å². The third-order valence-corrected chi connectivity index (χ3v) is 1.87. The molecule has 0 atom stereocenters. The summed E-state index contributed by atoms with van der Waals surface area (Å²) >= 11 is 0. The molecule has 0 N–H and O–H groups in total. The average molecular weight is 209 g/mol. The minimum atomic E-state index is -0.384. The number of carbonyl (C=O) groups excluding carboxylic acids is 1. The van der Waals surface area contributed by atoms with Crippen molar-refractivity contribution >= 4 is 5.97 Å². The van der Waals surface area contributed by atoms with E-state index in [0.29, 0.717) is 24.5 Å². The maximum atomic E-state index is 11.3. The first kappa shape index (κ1) is 11.4. The summed E-state index contributed by atoms with van der Waals surface area (Å²) in [7, 11) is 0. The molecule has 0 aliphatic heterocycles. The van der Waals surface area contributed by atoms with E-state index in [1.165, 1.54) is 0 Å². The van der Waals surface area contributed by atoms with Crippen LogP contribution in [0.25, 0.3) is 0 Å². The van der Waals surface area contributed by atoms with Gasteiger partial charge in [0.1, 0.15) is 11.6 Å². The summed E-state index contributed by atoms with van der Waals surface area (Å²) in [6.07, 6.45) is 0. The van der Waals surface area contributed by atoms with Gasteiger partial charge in [-0.2, -0.15) is 5.10 Å². The van der Waals surface area contributed by atoms with E-state index in [1.807, 2.05) is 6.92 Å². The van der Waals surface area contributed by atoms with Crippen LogP contribution in [-0.4, -0.2) is 27.3 Å². The first-order chi connectivity index (χ1) is 7.04. The highest BCUT2D eigenvalue weighted by molar-refractivity contribution is 5.87. The number of hydrogen-bond acceptors (Lipinski definition) is 4. The van der Waals surface area contributed by atoms with Gasteiger partial charge in [0.25, 0.3) is 0 Å². The Kier molecular flexibility index (Phi) is 3.60. The van der Waals surface area contributed by atoms with Crippen LogP contribution in [0.1, 0.15) is 18.6 Å². The summed E-state index contributed by atoms with van der Waals surface area (Å²) in [5.41, 5.74) is 0.379. The fourth-order valence-electron chi connectivity index (χ4n) is 1.19. The van der Waals surface area contributed by atoms with E-state index in [9.17, 15) is 4.79 Å². The van der Waals surface area contributed by atoms with E-state index in [0.717, 1.165) is 5.82 Å². The van der Waals surface area contributed by atoms with E-state index >= 15 is 0 Å². The van der Waals surface area contributed by atoms with Crippen molar-refractivity contribution in [2.24, 2.45) is 0 Å². The second-order valence-corrected chi connectivity index (χ2v) is 3.19. The number of carbonyl (C=O) groups is 1. The molecule has 0 aromatic carbocycles. The van der Waals surface area contributed by atoms with E-state index in [-0.39, 0.29) is 5.97 Å². The number of nitrogens with zero attached hydrogens (tertiary/aromatic N) is 3. The van der Waals surface area contributed by atoms with Crippen LogP contribution >= 0.6 is 0 Å². The molecule has 15 heavy (non-hydrogen) atoms. The van der Waals surface area contributed by atoms with Gasteiger partial charge in [-0.15, -0.1) is 0 Å². The molecule has 0 spiro atoms. The van der Waals surface area contributed by atoms with Crippen molar-refractivity contribution in [3.63, 3.8) is 0 Å². The van der Waals surface area contributed by atoms with Gasteiger partial charge in [-0.25, -0.2) is 14.5 Å². The van der Waals surface area contributed by atoms with Gasteiger partial charge < -0.3 is 4.74 Å². The van der Waals surface area contributed by atoms with Gasteiger partial charge in [0.2, 0.25) is 0 Å². The summed E-state index contributed by atoms with van der Waals surface area (Å²) < 4.78 is 6.46. The van der Waals surface area contributed by atoms with Crippen molar-refractivity contribution in [2.75, 3.05) is 6.61 Å². The fourth-order valence-corrected chi connectivity index (χ4v) is 1.19. The normalized spacial score (nSPS) is 10.1. The molecule has 5 nitrogen and oxygen atoms in total. The minimum Gasteiger partial charge on any atom is -0.463 e. The molecule has 1 rings (SSSR count). The Morgan fingerprint density at radius 3 is 2.67 bits per heavy atom. The predicted octanol–water partition coefficient (Wildman–Crippen LogP) is 1.01. The molecule has 82 valence electrons. The summed E-state index contributed by atoms with van der Waals surface area (Å²) in [4.78, 5) is 15.4. The molecule has 0 aliphatic rings. The second kappa shape index (κ2) is 4.72. The topological polar surface area (TPSA) is 57.0 Å². The smallest absolute Gasteiger partial charge is 0.335 e. The van der Waals surface area contributed by atoms with Crippen LogP contribution in [0.3, 0.4) is 0 Å². The van der Waals surface area contributed by atoms with Crippen molar-refractivity contribution in [1.82, 2.24) is 14.8 Å². The quantitative estimate of drug-likeness (QED) is 0.548. The molecule has 5 heteroatoms. The molecule has 0 fully saturated rings. The Balaban J connectivity index is 2.66. The maximum absolute atomic E-state index is 11.3. The molecule has 1 aromatic heterocycles. The summed E-state index contributed by atoms with van der Waals surface area (Å²) in [5, 5.41) is 4.13. The summed E-state index contributed by atoms with van der Waals surface area (Å²) in [6, 6.07) is 0. The molecule has 0 bridgehead atoms. The van der Waals surface area contributed by atoms with Crippen molar-refractivity contribution in [2.45, 2.75) is 27.3 Å². The van der Waals surface area contributed by atoms with Crippen molar-refractivity contribution in [3.05, 3.63) is 23.8 Å². The number of ether oxygens (including phenoxy) is 1. The molecule has 0 unspecified atom stereocenters. The van der Waals surface area contributed by atoms with Crippen LogP contribution in [0.2, 0.25) is 0 Å². The third kappa shape index (κ3) is 2.90. The molecule has 1 heterocycles. The van der Waals surface area contributed by atoms with E-state index in [2.05, 4.69) is 16.7 Å². The summed E-state index contributed by atoms with van der Waals surface area (Å²) in [6.45, 7) is 9.73. The van der Waals surface area contributed by atoms with Crippen LogP contribution in [-0.2, 0) is 16.1 Å². The monoisotopic (exact) mass is 209 g/mol. The van der Waals surface area contributed by atoms with Crippen LogP contribution in [0.4, 0.5) is 0 Å². The lowest BCUT2D eigenvalue weighted by molar-refractivity contribution is -0.138. The third-order valence-electron chi connectivity index (χ3n) is 1.87. The van der Waals surface area contributed by atoms with Crippen LogP contribution in [0.5, 0.6) is 0 Å². The lowest BCUT2D eigenvalue weighted by atomic mass is 10.3. The van der Waals surface area contributed by atoms with Gasteiger partial charge in [-0.3, -0.25) is 0 Å². The van der Waals surface area contributed by atoms with Crippen LogP contribution in [0, 0.1) is 13.8 Å². The molecule has 1 aromatic rings. The number of hydrogen-bond donors (Lipinski definition) is 0. The lowest BCUT2D eigenvalue weighted by Crippen LogP contribution is -2.14. The highest BCUT2D eigenvalue weighted by atomic mass is 16.5. The number of aryl methyl sites for hydroxylation is 2. The Morgan fingerprint density at radius 1 is 1.53 bits per heavy atom. The number of rotatable bonds is 4. The molecule has 0 saturated carbocycles. The van der Waals surface area contributed by atoms with E-state index in [1.54, 1.807) is 18.5 Å². The van der Waals surface area contributed by atoms with Gasteiger partial charge in [0, 0.05) is 0 Å². The SMILES string of the molecule is C=C(Cn1nc(C)nc1C)C(=O)OCC. The highest BCUT2D eigenvalue weighted by Gasteiger charge is 2.11. The molecule has 0 radical (unpaired) electrons. The van der Waals surface area contributed by atoms with Crippen LogP contribution in [0.15, 0.2) is 12.2 Å². The Hall–Kier alpha value is -1.65. The van der Waals surface area contributed by atoms with Gasteiger partial charge in [-0.05, 0) is 20.8 Å². The van der Waals surface area contributed by atoms with Crippen molar-refractivity contribution in [1.29, 1.82) is 0 Å². The molecule has 0 amide bonds. The second-order valence-electron chi connectivity index (χ2n) is 3.19. The minimum absolute atomic E-state index is 0.325. The van der Waals surface area contributed by atoms with Gasteiger partial charge in [0.15, 0.2) is 0 Å². The first-order valence-electron chi connectivity index (χ1n) is 4.77. The Labute approximate surface area is 88.8 Å². The van der Waals surface area contributed by atoms with Gasteiger partial charge in [-0.1, -0.05) is 6.58 Å². The number of esters is 1. The largest absolute Gasteiger partial charge is 0.463 e. The highest BCUT2D eigenvalue weighted by Crippen LogP contribution is 2.02. The zero-order valence-corrected chi connectivity index (χ0v) is 9.28. The number of aromatic nitrogens is 3. The zero-order chi connectivity index (χ0) is 11.4. The fraction of sp³-hybridized carbons (Fsp3) is 0.500. The van der Waals surface area contributed by atoms with Crippen LogP contribution < -0.4 is 0 Å². The van der Waals surface area contributed by atoms with Gasteiger partial charge in [0.05, 0.1) is 18.7 Å². The Morgan fingerprint density at radius 2 is 2.20 bits per heavy atom. The maximum Gasteiger partial charge on any atom is 0.335 e. The predicted molar refractivity (Wildman–Crippen MR) is 55.3 cm³/mol. The summed E-state index contributed by atoms with van der Waals surface area (Å²) in [5.74, 6) is 1.06. The first-order valence-corrected chi connectivity index (χ1v) is 4.77. The lowest BCUT2D eigenvalue weighted by Gasteiger charge is -2.05.